The molecule has 0 aromatic carbocycles. The molecule has 1 saturated heterocycles. The van der Waals surface area contributed by atoms with E-state index in [0.29, 0.717) is 12.2 Å². The molecule has 4 aliphatic carbocycles. The van der Waals surface area contributed by atoms with Crippen LogP contribution in [0.3, 0.4) is 0 Å². The van der Waals surface area contributed by atoms with Crippen molar-refractivity contribution < 1.29 is 4.79 Å². The number of hydrogen-bond acceptors (Lipinski definition) is 4. The number of aryl methyl sites for hydroxylation is 1. The van der Waals surface area contributed by atoms with E-state index in [1.165, 1.54) is 58.0 Å². The molecule has 2 atom stereocenters. The summed E-state index contributed by atoms with van der Waals surface area (Å²) in [5.74, 6) is 3.84. The van der Waals surface area contributed by atoms with Gasteiger partial charge >= 0.3 is 0 Å². The molecule has 5 fully saturated rings. The molecular weight excluding hydrogens is 358 g/mol. The smallest absolute Gasteiger partial charge is 0.144 e. The number of nitrogens with zero attached hydrogens (tertiary/aromatic N) is 3. The van der Waals surface area contributed by atoms with Gasteiger partial charge in [-0.1, -0.05) is 19.3 Å². The highest BCUT2D eigenvalue weighted by molar-refractivity contribution is 5.87. The summed E-state index contributed by atoms with van der Waals surface area (Å²) in [6.45, 7) is 3.65. The van der Waals surface area contributed by atoms with Crippen molar-refractivity contribution >= 4 is 5.78 Å². The Morgan fingerprint density at radius 3 is 2.52 bits per heavy atom. The van der Waals surface area contributed by atoms with Gasteiger partial charge in [-0.2, -0.15) is 0 Å². The second kappa shape index (κ2) is 8.45. The fourth-order valence-electron chi connectivity index (χ4n) is 7.19. The zero-order chi connectivity index (χ0) is 19.7. The minimum absolute atomic E-state index is 0.0215. The zero-order valence-electron chi connectivity index (χ0n) is 18.0. The number of carbonyl (C=O) groups is 1. The van der Waals surface area contributed by atoms with Crippen LogP contribution in [0.15, 0.2) is 12.3 Å². The van der Waals surface area contributed by atoms with Crippen LogP contribution in [-0.2, 0) is 17.6 Å². The standard InChI is InChI=1S/C25H37N3O/c29-23(25-16-19-6-7-20(17-25)14-21(13-19)18-25)15-22-8-9-26-24(27-22)5-4-12-28-10-2-1-3-11-28/h8-9,19-21H,1-7,10-18H2. The van der Waals surface area contributed by atoms with Crippen molar-refractivity contribution in [2.45, 2.75) is 83.5 Å². The van der Waals surface area contributed by atoms with E-state index in [2.05, 4.69) is 9.88 Å². The van der Waals surface area contributed by atoms with E-state index in [9.17, 15) is 4.79 Å². The number of carbonyl (C=O) groups excluding carboxylic acids is 1. The number of hydrogen-bond donors (Lipinski definition) is 0. The monoisotopic (exact) mass is 395 g/mol. The first-order valence-corrected chi connectivity index (χ1v) is 12.2. The highest BCUT2D eigenvalue weighted by Crippen LogP contribution is 2.58. The van der Waals surface area contributed by atoms with Crippen molar-refractivity contribution in [2.75, 3.05) is 19.6 Å². The number of rotatable bonds is 7. The Balaban J connectivity index is 1.19. The minimum Gasteiger partial charge on any atom is -0.303 e. The molecule has 6 rings (SSSR count). The van der Waals surface area contributed by atoms with Gasteiger partial charge in [0.25, 0.3) is 0 Å². The lowest BCUT2D eigenvalue weighted by molar-refractivity contribution is -0.135. The van der Waals surface area contributed by atoms with E-state index in [4.69, 9.17) is 4.98 Å². The molecule has 1 aliphatic heterocycles. The second-order valence-corrected chi connectivity index (χ2v) is 10.6. The van der Waals surface area contributed by atoms with Crippen molar-refractivity contribution in [3.05, 3.63) is 23.8 Å². The maximum atomic E-state index is 13.5. The van der Waals surface area contributed by atoms with Crippen molar-refractivity contribution in [3.8, 4) is 0 Å². The van der Waals surface area contributed by atoms with Gasteiger partial charge in [-0.15, -0.1) is 0 Å². The molecule has 4 nitrogen and oxygen atoms in total. The number of piperidine rings is 1. The largest absolute Gasteiger partial charge is 0.303 e. The summed E-state index contributed by atoms with van der Waals surface area (Å²) in [7, 11) is 0. The molecule has 0 radical (unpaired) electrons. The maximum absolute atomic E-state index is 13.5. The van der Waals surface area contributed by atoms with Gasteiger partial charge in [0.2, 0.25) is 0 Å². The van der Waals surface area contributed by atoms with E-state index in [1.807, 2.05) is 12.3 Å². The lowest BCUT2D eigenvalue weighted by atomic mass is 9.56. The van der Waals surface area contributed by atoms with E-state index in [0.717, 1.165) is 67.9 Å². The fourth-order valence-corrected chi connectivity index (χ4v) is 7.19. The van der Waals surface area contributed by atoms with Gasteiger partial charge in [-0.25, -0.2) is 9.97 Å². The first-order valence-electron chi connectivity index (χ1n) is 12.2. The van der Waals surface area contributed by atoms with Crippen LogP contribution in [-0.4, -0.2) is 40.3 Å². The number of ketones is 1. The molecular formula is C25H37N3O. The Bertz CT molecular complexity index is 711. The van der Waals surface area contributed by atoms with E-state index >= 15 is 0 Å². The highest BCUT2D eigenvalue weighted by atomic mass is 16.1. The van der Waals surface area contributed by atoms with Crippen LogP contribution in [0.4, 0.5) is 0 Å². The van der Waals surface area contributed by atoms with E-state index in [-0.39, 0.29) is 5.41 Å². The normalized spacial score (nSPS) is 34.3. The van der Waals surface area contributed by atoms with Gasteiger partial charge in [0.15, 0.2) is 0 Å². The van der Waals surface area contributed by atoms with Crippen LogP contribution >= 0.6 is 0 Å². The molecule has 0 amide bonds. The molecule has 1 aromatic rings. The van der Waals surface area contributed by atoms with Crippen LogP contribution in [0.2, 0.25) is 0 Å². The Morgan fingerprint density at radius 2 is 1.76 bits per heavy atom. The summed E-state index contributed by atoms with van der Waals surface area (Å²) < 4.78 is 0. The molecule has 0 N–H and O–H groups in total. The average Bonchev–Trinajstić information content (AvgIpc) is 2.95. The molecule has 4 saturated carbocycles. The minimum atomic E-state index is -0.0215. The van der Waals surface area contributed by atoms with Crippen LogP contribution in [0.5, 0.6) is 0 Å². The molecule has 2 heterocycles. The third-order valence-electron chi connectivity index (χ3n) is 8.37. The summed E-state index contributed by atoms with van der Waals surface area (Å²) in [5, 5.41) is 0. The van der Waals surface area contributed by atoms with Crippen molar-refractivity contribution in [2.24, 2.45) is 23.2 Å². The number of Topliss-reactive ketones (excluding diaryl/α,β-unsaturated/α-hetero) is 1. The van der Waals surface area contributed by atoms with Crippen molar-refractivity contribution in [3.63, 3.8) is 0 Å². The predicted molar refractivity (Wildman–Crippen MR) is 115 cm³/mol. The van der Waals surface area contributed by atoms with Gasteiger partial charge in [-0.05, 0) is 94.8 Å². The summed E-state index contributed by atoms with van der Waals surface area (Å²) in [5.41, 5.74) is 0.930. The lowest BCUT2D eigenvalue weighted by Gasteiger charge is -2.47. The molecule has 158 valence electrons. The van der Waals surface area contributed by atoms with Gasteiger partial charge in [0.05, 0.1) is 5.69 Å². The summed E-state index contributed by atoms with van der Waals surface area (Å²) >= 11 is 0. The van der Waals surface area contributed by atoms with Gasteiger partial charge < -0.3 is 4.90 Å². The predicted octanol–water partition coefficient (Wildman–Crippen LogP) is 4.61. The maximum Gasteiger partial charge on any atom is 0.144 e. The molecule has 1 aromatic heterocycles. The lowest BCUT2D eigenvalue weighted by Crippen LogP contribution is -2.44. The first-order chi connectivity index (χ1) is 14.2. The van der Waals surface area contributed by atoms with Crippen molar-refractivity contribution in [1.82, 2.24) is 14.9 Å². The van der Waals surface area contributed by atoms with Crippen LogP contribution in [0.25, 0.3) is 0 Å². The molecule has 2 unspecified atom stereocenters. The number of fused-ring (bicyclic) bond motifs is 1. The van der Waals surface area contributed by atoms with Gasteiger partial charge in [0, 0.05) is 24.5 Å². The second-order valence-electron chi connectivity index (χ2n) is 10.6. The van der Waals surface area contributed by atoms with Crippen LogP contribution in [0, 0.1) is 23.2 Å². The average molecular weight is 396 g/mol. The third kappa shape index (κ3) is 4.42. The third-order valence-corrected chi connectivity index (χ3v) is 8.37. The Morgan fingerprint density at radius 1 is 1.03 bits per heavy atom. The Labute approximate surface area is 175 Å². The summed E-state index contributed by atoms with van der Waals surface area (Å²) in [6.07, 6.45) is 17.5. The summed E-state index contributed by atoms with van der Waals surface area (Å²) in [4.78, 5) is 25.4. The Hall–Kier alpha value is -1.29. The molecule has 5 aliphatic rings. The van der Waals surface area contributed by atoms with Gasteiger partial charge in [-0.3, -0.25) is 4.79 Å². The Kier molecular flexibility index (Phi) is 5.73. The van der Waals surface area contributed by atoms with Crippen LogP contribution in [0.1, 0.15) is 82.1 Å². The quantitative estimate of drug-likeness (QED) is 0.676. The van der Waals surface area contributed by atoms with Crippen molar-refractivity contribution in [1.29, 1.82) is 0 Å². The van der Waals surface area contributed by atoms with E-state index < -0.39 is 0 Å². The molecule has 4 heteroatoms. The summed E-state index contributed by atoms with van der Waals surface area (Å²) in [6, 6.07) is 1.97. The van der Waals surface area contributed by atoms with Gasteiger partial charge in [0.1, 0.15) is 11.6 Å². The number of likely N-dealkylation sites (tertiary alicyclic amines) is 1. The van der Waals surface area contributed by atoms with Crippen LogP contribution < -0.4 is 0 Å². The molecule has 0 spiro atoms. The zero-order valence-corrected chi connectivity index (χ0v) is 18.0. The highest BCUT2D eigenvalue weighted by Gasteiger charge is 2.51. The topological polar surface area (TPSA) is 46.1 Å². The fraction of sp³-hybridized carbons (Fsp3) is 0.800. The SMILES string of the molecule is O=C(Cc1ccnc(CCCN2CCCCC2)n1)C12CC3CCC(CC(C3)C1)C2. The number of aromatic nitrogens is 2. The molecule has 29 heavy (non-hydrogen) atoms. The first kappa shape index (κ1) is 19.7. The molecule has 4 bridgehead atoms. The van der Waals surface area contributed by atoms with E-state index in [1.54, 1.807) is 0 Å².